The molecule has 0 atom stereocenters. The first-order valence-corrected chi connectivity index (χ1v) is 6.70. The van der Waals surface area contributed by atoms with Gasteiger partial charge in [0.2, 0.25) is 0 Å². The van der Waals surface area contributed by atoms with Crippen molar-refractivity contribution in [1.82, 2.24) is 0 Å². The minimum atomic E-state index is -0.373. The quantitative estimate of drug-likeness (QED) is 0.781. The van der Waals surface area contributed by atoms with Crippen LogP contribution in [0, 0.1) is 0 Å². The molecule has 0 amide bonds. The summed E-state index contributed by atoms with van der Waals surface area (Å²) >= 11 is 1.70. The van der Waals surface area contributed by atoms with Gasteiger partial charge in [-0.1, -0.05) is 30.0 Å². The van der Waals surface area contributed by atoms with Crippen LogP contribution in [0.4, 0.5) is 0 Å². The summed E-state index contributed by atoms with van der Waals surface area (Å²) in [6, 6.07) is 13.8. The third-order valence-corrected chi connectivity index (χ3v) is 3.87. The maximum absolute atomic E-state index is 5.77. The Bertz CT molecular complexity index is 587. The third kappa shape index (κ3) is 1.53. The maximum atomic E-state index is 5.77. The molecule has 0 saturated heterocycles. The number of benzene rings is 2. The van der Waals surface area contributed by atoms with Gasteiger partial charge in [0, 0.05) is 5.56 Å². The molecule has 0 N–H and O–H groups in total. The highest BCUT2D eigenvalue weighted by Crippen LogP contribution is 2.43. The molecule has 4 rings (SSSR count). The summed E-state index contributed by atoms with van der Waals surface area (Å²) < 4.78 is 17.1. The zero-order valence-electron chi connectivity index (χ0n) is 9.46. The second-order valence-electron chi connectivity index (χ2n) is 4.13. The lowest BCUT2D eigenvalue weighted by Gasteiger charge is -2.11. The monoisotopic (exact) mass is 258 g/mol. The molecule has 0 radical (unpaired) electrons. The average molecular weight is 258 g/mol. The molecule has 0 unspecified atom stereocenters. The Balaban J connectivity index is 1.66. The summed E-state index contributed by atoms with van der Waals surface area (Å²) in [4.78, 5) is 1.18. The zero-order chi connectivity index (χ0) is 11.9. The van der Waals surface area contributed by atoms with Crippen molar-refractivity contribution in [3.63, 3.8) is 0 Å². The van der Waals surface area contributed by atoms with Crippen molar-refractivity contribution in [1.29, 1.82) is 0 Å². The Kier molecular flexibility index (Phi) is 2.17. The van der Waals surface area contributed by atoms with Crippen LogP contribution in [0.1, 0.15) is 11.9 Å². The van der Waals surface area contributed by atoms with Gasteiger partial charge in [-0.05, 0) is 24.3 Å². The van der Waals surface area contributed by atoms with Crippen LogP contribution in [0.2, 0.25) is 0 Å². The van der Waals surface area contributed by atoms with Gasteiger partial charge in [-0.3, -0.25) is 0 Å². The first kappa shape index (κ1) is 10.1. The highest BCUT2D eigenvalue weighted by Gasteiger charge is 2.26. The van der Waals surface area contributed by atoms with Crippen molar-refractivity contribution in [3.05, 3.63) is 48.0 Å². The minimum absolute atomic E-state index is 0.373. The normalized spacial score (nSPS) is 16.4. The van der Waals surface area contributed by atoms with E-state index < -0.39 is 0 Å². The highest BCUT2D eigenvalue weighted by molar-refractivity contribution is 7.99. The van der Waals surface area contributed by atoms with E-state index in [1.165, 1.54) is 4.90 Å². The Hall–Kier alpha value is -1.81. The van der Waals surface area contributed by atoms with E-state index in [2.05, 4.69) is 6.07 Å². The summed E-state index contributed by atoms with van der Waals surface area (Å²) in [6.07, 6.45) is -0.373. The van der Waals surface area contributed by atoms with Gasteiger partial charge in [0.15, 0.2) is 11.5 Å². The smallest absolute Gasteiger partial charge is 0.268 e. The number of para-hydroxylation sites is 2. The largest absolute Gasteiger partial charge is 0.481 e. The van der Waals surface area contributed by atoms with Crippen LogP contribution in [0.5, 0.6) is 17.2 Å². The predicted molar refractivity (Wildman–Crippen MR) is 68.2 cm³/mol. The van der Waals surface area contributed by atoms with E-state index in [4.69, 9.17) is 14.2 Å². The van der Waals surface area contributed by atoms with E-state index >= 15 is 0 Å². The van der Waals surface area contributed by atoms with Gasteiger partial charge in [0.05, 0.1) is 4.90 Å². The molecule has 0 saturated carbocycles. The van der Waals surface area contributed by atoms with Gasteiger partial charge < -0.3 is 14.2 Å². The fourth-order valence-electron chi connectivity index (χ4n) is 2.10. The van der Waals surface area contributed by atoms with E-state index in [0.717, 1.165) is 22.8 Å². The first-order valence-electron chi connectivity index (χ1n) is 5.72. The average Bonchev–Trinajstić information content (AvgIpc) is 3.04. The van der Waals surface area contributed by atoms with E-state index in [1.807, 2.05) is 36.4 Å². The summed E-state index contributed by atoms with van der Waals surface area (Å²) in [5, 5.41) is 0. The van der Waals surface area contributed by atoms with Crippen LogP contribution in [0.25, 0.3) is 0 Å². The van der Waals surface area contributed by atoms with Crippen LogP contribution in [-0.2, 0) is 0 Å². The van der Waals surface area contributed by atoms with Gasteiger partial charge in [-0.25, -0.2) is 0 Å². The van der Waals surface area contributed by atoms with Crippen molar-refractivity contribution in [3.8, 4) is 17.2 Å². The van der Waals surface area contributed by atoms with Crippen LogP contribution in [-0.4, -0.2) is 5.94 Å². The molecule has 0 aromatic heterocycles. The highest BCUT2D eigenvalue weighted by atomic mass is 32.2. The molecule has 2 aliphatic heterocycles. The van der Waals surface area contributed by atoms with Crippen molar-refractivity contribution in [2.45, 2.75) is 11.2 Å². The number of fused-ring (bicyclic) bond motifs is 2. The van der Waals surface area contributed by atoms with Crippen molar-refractivity contribution < 1.29 is 14.2 Å². The molecule has 2 heterocycles. The van der Waals surface area contributed by atoms with Gasteiger partial charge in [0.25, 0.3) is 6.29 Å². The van der Waals surface area contributed by atoms with E-state index in [0.29, 0.717) is 5.94 Å². The van der Waals surface area contributed by atoms with E-state index in [9.17, 15) is 0 Å². The van der Waals surface area contributed by atoms with Crippen LogP contribution >= 0.6 is 11.8 Å². The topological polar surface area (TPSA) is 27.7 Å². The Morgan fingerprint density at radius 3 is 2.50 bits per heavy atom. The van der Waals surface area contributed by atoms with Crippen LogP contribution in [0.3, 0.4) is 0 Å². The molecular formula is C14H10O3S. The van der Waals surface area contributed by atoms with Gasteiger partial charge in [-0.15, -0.1) is 0 Å². The molecule has 90 valence electrons. The SMILES string of the molecule is c1ccc2c(c1)OC(c1ccc3c(c1)OCS3)O2. The summed E-state index contributed by atoms with van der Waals surface area (Å²) in [5.41, 5.74) is 0.979. The maximum Gasteiger partial charge on any atom is 0.268 e. The Labute approximate surface area is 109 Å². The molecule has 0 fully saturated rings. The van der Waals surface area contributed by atoms with Crippen LogP contribution < -0.4 is 14.2 Å². The van der Waals surface area contributed by atoms with Crippen molar-refractivity contribution >= 4 is 11.8 Å². The Morgan fingerprint density at radius 2 is 1.72 bits per heavy atom. The molecule has 2 aromatic carbocycles. The molecule has 3 nitrogen and oxygen atoms in total. The van der Waals surface area contributed by atoms with Crippen molar-refractivity contribution in [2.24, 2.45) is 0 Å². The minimum Gasteiger partial charge on any atom is -0.481 e. The standard InChI is InChI=1S/C14H10O3S/c1-2-4-11-10(3-1)16-14(17-11)9-5-6-13-12(7-9)15-8-18-13/h1-7,14H,8H2. The van der Waals surface area contributed by atoms with Gasteiger partial charge in [0.1, 0.15) is 11.7 Å². The number of ether oxygens (including phenoxy) is 3. The fourth-order valence-corrected chi connectivity index (χ4v) is 2.83. The first-order chi connectivity index (χ1) is 8.90. The fraction of sp³-hybridized carbons (Fsp3) is 0.143. The number of thioether (sulfide) groups is 1. The predicted octanol–water partition coefficient (Wildman–Crippen LogP) is 3.60. The lowest BCUT2D eigenvalue weighted by molar-refractivity contribution is 0.0485. The number of hydrogen-bond acceptors (Lipinski definition) is 4. The summed E-state index contributed by atoms with van der Waals surface area (Å²) in [6.45, 7) is 0. The molecule has 18 heavy (non-hydrogen) atoms. The second kappa shape index (κ2) is 3.85. The van der Waals surface area contributed by atoms with E-state index in [1.54, 1.807) is 11.8 Å². The van der Waals surface area contributed by atoms with Gasteiger partial charge >= 0.3 is 0 Å². The summed E-state index contributed by atoms with van der Waals surface area (Å²) in [7, 11) is 0. The van der Waals surface area contributed by atoms with Crippen LogP contribution in [0.15, 0.2) is 47.4 Å². The Morgan fingerprint density at radius 1 is 0.944 bits per heavy atom. The lowest BCUT2D eigenvalue weighted by atomic mass is 10.2. The molecule has 0 bridgehead atoms. The van der Waals surface area contributed by atoms with Gasteiger partial charge in [-0.2, -0.15) is 0 Å². The molecule has 2 aliphatic rings. The summed E-state index contributed by atoms with van der Waals surface area (Å²) in [5.74, 6) is 3.18. The molecule has 4 heteroatoms. The molecule has 2 aromatic rings. The second-order valence-corrected chi connectivity index (χ2v) is 5.09. The van der Waals surface area contributed by atoms with E-state index in [-0.39, 0.29) is 6.29 Å². The molecule has 0 aliphatic carbocycles. The number of hydrogen-bond donors (Lipinski definition) is 0. The molecule has 0 spiro atoms. The number of rotatable bonds is 1. The van der Waals surface area contributed by atoms with Crippen molar-refractivity contribution in [2.75, 3.05) is 5.94 Å². The molecular weight excluding hydrogens is 248 g/mol. The lowest BCUT2D eigenvalue weighted by Crippen LogP contribution is -2.07. The third-order valence-electron chi connectivity index (χ3n) is 2.99. The zero-order valence-corrected chi connectivity index (χ0v) is 10.3.